The molecule has 5 nitrogen and oxygen atoms in total. The molecule has 0 aliphatic carbocycles. The van der Waals surface area contributed by atoms with Crippen molar-refractivity contribution in [3.8, 4) is 0 Å². The predicted octanol–water partition coefficient (Wildman–Crippen LogP) is 1.12. The van der Waals surface area contributed by atoms with Crippen molar-refractivity contribution in [2.45, 2.75) is 17.4 Å². The minimum atomic E-state index is -3.58. The molecule has 1 atom stereocenters. The van der Waals surface area contributed by atoms with Gasteiger partial charge in [0.1, 0.15) is 0 Å². The fraction of sp³-hybridized carbons (Fsp3) is 0.455. The van der Waals surface area contributed by atoms with E-state index in [2.05, 4.69) is 20.7 Å². The Bertz CT molecular complexity index is 454. The molecular formula is C11H16BrNO4S. The molecule has 0 saturated carbocycles. The molecule has 0 fully saturated rings. The summed E-state index contributed by atoms with van der Waals surface area (Å²) in [5, 5.41) is 8.87. The number of nitrogens with one attached hydrogen (secondary N) is 1. The zero-order chi connectivity index (χ0) is 13.6. The van der Waals surface area contributed by atoms with E-state index in [1.807, 2.05) is 0 Å². The zero-order valence-corrected chi connectivity index (χ0v) is 12.4. The molecule has 0 heterocycles. The summed E-state index contributed by atoms with van der Waals surface area (Å²) < 4.78 is 32.3. The van der Waals surface area contributed by atoms with Crippen LogP contribution in [0.15, 0.2) is 33.6 Å². The second kappa shape index (κ2) is 7.20. The van der Waals surface area contributed by atoms with Crippen LogP contribution in [0.5, 0.6) is 0 Å². The maximum Gasteiger partial charge on any atom is 0.240 e. The third kappa shape index (κ3) is 4.66. The van der Waals surface area contributed by atoms with E-state index in [4.69, 9.17) is 9.84 Å². The van der Waals surface area contributed by atoms with Gasteiger partial charge < -0.3 is 9.84 Å². The maximum absolute atomic E-state index is 12.0. The van der Waals surface area contributed by atoms with Crippen LogP contribution in [0.3, 0.4) is 0 Å². The van der Waals surface area contributed by atoms with E-state index < -0.39 is 16.1 Å². The maximum atomic E-state index is 12.0. The Kier molecular flexibility index (Phi) is 6.24. The Morgan fingerprint density at radius 1 is 1.39 bits per heavy atom. The summed E-state index contributed by atoms with van der Waals surface area (Å²) in [6, 6.07) is 5.90. The molecule has 102 valence electrons. The van der Waals surface area contributed by atoms with Crippen LogP contribution in [0.2, 0.25) is 0 Å². The van der Waals surface area contributed by atoms with Crippen molar-refractivity contribution in [1.29, 1.82) is 0 Å². The number of halogens is 1. The van der Waals surface area contributed by atoms with E-state index in [1.165, 1.54) is 19.2 Å². The fourth-order valence-electron chi connectivity index (χ4n) is 1.43. The van der Waals surface area contributed by atoms with Crippen molar-refractivity contribution in [2.75, 3.05) is 20.3 Å². The Hall–Kier alpha value is -0.470. The van der Waals surface area contributed by atoms with E-state index in [-0.39, 0.29) is 18.1 Å². The molecule has 1 aromatic rings. The van der Waals surface area contributed by atoms with Gasteiger partial charge in [-0.2, -0.15) is 0 Å². The number of ether oxygens (including phenoxy) is 1. The van der Waals surface area contributed by atoms with Gasteiger partial charge >= 0.3 is 0 Å². The summed E-state index contributed by atoms with van der Waals surface area (Å²) in [6.45, 7) is 0.118. The van der Waals surface area contributed by atoms with Gasteiger partial charge in [0.25, 0.3) is 0 Å². The first-order valence-corrected chi connectivity index (χ1v) is 7.65. The lowest BCUT2D eigenvalue weighted by Crippen LogP contribution is -2.38. The smallest absolute Gasteiger partial charge is 0.240 e. The Morgan fingerprint density at radius 2 is 2.00 bits per heavy atom. The number of methoxy groups -OCH3 is 1. The molecule has 2 N–H and O–H groups in total. The first-order valence-electron chi connectivity index (χ1n) is 5.37. The van der Waals surface area contributed by atoms with Gasteiger partial charge in [-0.3, -0.25) is 0 Å². The van der Waals surface area contributed by atoms with Gasteiger partial charge in [-0.25, -0.2) is 13.1 Å². The molecule has 0 bridgehead atoms. The Morgan fingerprint density at radius 3 is 2.50 bits per heavy atom. The van der Waals surface area contributed by atoms with Gasteiger partial charge in [-0.15, -0.1) is 0 Å². The highest BCUT2D eigenvalue weighted by Gasteiger charge is 2.19. The minimum absolute atomic E-state index is 0.100. The van der Waals surface area contributed by atoms with Crippen LogP contribution in [0, 0.1) is 0 Å². The summed E-state index contributed by atoms with van der Waals surface area (Å²) >= 11 is 3.24. The Balaban J connectivity index is 2.82. The van der Waals surface area contributed by atoms with Gasteiger partial charge in [-0.05, 0) is 30.7 Å². The minimum Gasteiger partial charge on any atom is -0.396 e. The van der Waals surface area contributed by atoms with Crippen LogP contribution in [0.25, 0.3) is 0 Å². The van der Waals surface area contributed by atoms with Crippen LogP contribution in [0.4, 0.5) is 0 Å². The summed E-state index contributed by atoms with van der Waals surface area (Å²) in [5.74, 6) is 0. The van der Waals surface area contributed by atoms with Crippen molar-refractivity contribution in [1.82, 2.24) is 4.72 Å². The van der Waals surface area contributed by atoms with Crippen LogP contribution in [-0.2, 0) is 14.8 Å². The van der Waals surface area contributed by atoms with Gasteiger partial charge in [0.05, 0.1) is 11.5 Å². The summed E-state index contributed by atoms with van der Waals surface area (Å²) in [4.78, 5) is 0.185. The Labute approximate surface area is 115 Å². The third-order valence-corrected chi connectivity index (χ3v) is 4.36. The average Bonchev–Trinajstić information content (AvgIpc) is 2.29. The first kappa shape index (κ1) is 15.6. The topological polar surface area (TPSA) is 75.6 Å². The molecule has 0 amide bonds. The highest BCUT2D eigenvalue weighted by molar-refractivity contribution is 9.10. The standard InChI is InChI=1S/C11H16BrNO4S/c1-17-8-10(6-7-14)13-18(15,16)11-4-2-9(12)3-5-11/h2-5,10,13-14H,6-8H2,1H3. The van der Waals surface area contributed by atoms with Crippen molar-refractivity contribution < 1.29 is 18.3 Å². The highest BCUT2D eigenvalue weighted by atomic mass is 79.9. The van der Waals surface area contributed by atoms with Crippen LogP contribution in [-0.4, -0.2) is 39.9 Å². The van der Waals surface area contributed by atoms with Crippen molar-refractivity contribution in [2.24, 2.45) is 0 Å². The first-order chi connectivity index (χ1) is 8.49. The number of hydrogen-bond donors (Lipinski definition) is 2. The molecule has 0 aliphatic rings. The van der Waals surface area contributed by atoms with Gasteiger partial charge in [0.15, 0.2) is 0 Å². The lowest BCUT2D eigenvalue weighted by molar-refractivity contribution is 0.158. The molecule has 0 spiro atoms. The molecule has 1 unspecified atom stereocenters. The van der Waals surface area contributed by atoms with Crippen LogP contribution in [0.1, 0.15) is 6.42 Å². The number of aliphatic hydroxyl groups excluding tert-OH is 1. The van der Waals surface area contributed by atoms with Crippen molar-refractivity contribution >= 4 is 26.0 Å². The van der Waals surface area contributed by atoms with Crippen LogP contribution >= 0.6 is 15.9 Å². The second-order valence-corrected chi connectivity index (χ2v) is 6.37. The van der Waals surface area contributed by atoms with Crippen molar-refractivity contribution in [3.05, 3.63) is 28.7 Å². The monoisotopic (exact) mass is 337 g/mol. The summed E-state index contributed by atoms with van der Waals surface area (Å²) in [7, 11) is -2.10. The van der Waals surface area contributed by atoms with E-state index >= 15 is 0 Å². The van der Waals surface area contributed by atoms with E-state index in [0.717, 1.165) is 4.47 Å². The number of hydrogen-bond acceptors (Lipinski definition) is 4. The normalized spacial score (nSPS) is 13.5. The van der Waals surface area contributed by atoms with Gasteiger partial charge in [0, 0.05) is 24.2 Å². The molecule has 1 rings (SSSR count). The molecule has 0 saturated heterocycles. The average molecular weight is 338 g/mol. The van der Waals surface area contributed by atoms with Crippen LogP contribution < -0.4 is 4.72 Å². The number of benzene rings is 1. The van der Waals surface area contributed by atoms with Gasteiger partial charge in [-0.1, -0.05) is 15.9 Å². The molecule has 18 heavy (non-hydrogen) atoms. The number of rotatable bonds is 7. The largest absolute Gasteiger partial charge is 0.396 e. The number of sulfonamides is 1. The zero-order valence-electron chi connectivity index (χ0n) is 9.97. The quantitative estimate of drug-likeness (QED) is 0.781. The van der Waals surface area contributed by atoms with E-state index in [1.54, 1.807) is 12.1 Å². The van der Waals surface area contributed by atoms with E-state index in [9.17, 15) is 8.42 Å². The van der Waals surface area contributed by atoms with Gasteiger partial charge in [0.2, 0.25) is 10.0 Å². The van der Waals surface area contributed by atoms with Crippen molar-refractivity contribution in [3.63, 3.8) is 0 Å². The molecule has 0 aliphatic heterocycles. The molecule has 0 aromatic heterocycles. The lowest BCUT2D eigenvalue weighted by atomic mass is 10.2. The fourth-order valence-corrected chi connectivity index (χ4v) is 2.95. The predicted molar refractivity (Wildman–Crippen MR) is 71.8 cm³/mol. The highest BCUT2D eigenvalue weighted by Crippen LogP contribution is 2.15. The summed E-state index contributed by atoms with van der Waals surface area (Å²) in [5.41, 5.74) is 0. The molecule has 1 aromatic carbocycles. The number of aliphatic hydroxyl groups is 1. The lowest BCUT2D eigenvalue weighted by Gasteiger charge is -2.16. The third-order valence-electron chi connectivity index (χ3n) is 2.29. The second-order valence-electron chi connectivity index (χ2n) is 3.74. The SMILES string of the molecule is COCC(CCO)NS(=O)(=O)c1ccc(Br)cc1. The van der Waals surface area contributed by atoms with E-state index in [0.29, 0.717) is 6.42 Å². The molecule has 0 radical (unpaired) electrons. The summed E-state index contributed by atoms with van der Waals surface area (Å²) in [6.07, 6.45) is 0.309. The molecular weight excluding hydrogens is 322 g/mol. The molecule has 7 heteroatoms.